The van der Waals surface area contributed by atoms with Crippen LogP contribution in [0.15, 0.2) is 36.0 Å². The first-order chi connectivity index (χ1) is 9.31. The van der Waals surface area contributed by atoms with E-state index in [1.165, 1.54) is 4.68 Å². The Kier molecular flexibility index (Phi) is 3.07. The molecular formula is C11H10N6OS. The van der Waals surface area contributed by atoms with Crippen molar-refractivity contribution in [3.63, 3.8) is 0 Å². The molecule has 0 unspecified atom stereocenters. The molecule has 0 bridgehead atoms. The molecule has 3 aromatic heterocycles. The highest BCUT2D eigenvalue weighted by Crippen LogP contribution is 2.13. The summed E-state index contributed by atoms with van der Waals surface area (Å²) in [6.07, 6.45) is 3.35. The summed E-state index contributed by atoms with van der Waals surface area (Å²) in [5.41, 5.74) is 5.63. The SMILES string of the molecule is Nc1nc(OCc2cccs2)nc(-n2cccn2)n1. The first-order valence-corrected chi connectivity index (χ1v) is 6.36. The van der Waals surface area contributed by atoms with Gasteiger partial charge in [-0.1, -0.05) is 6.07 Å². The van der Waals surface area contributed by atoms with Gasteiger partial charge in [-0.15, -0.1) is 11.3 Å². The summed E-state index contributed by atoms with van der Waals surface area (Å²) in [5.74, 6) is 0.431. The van der Waals surface area contributed by atoms with E-state index in [0.717, 1.165) is 4.88 Å². The molecule has 0 atom stereocenters. The molecule has 0 aliphatic heterocycles. The fourth-order valence-corrected chi connectivity index (χ4v) is 2.06. The fraction of sp³-hybridized carbons (Fsp3) is 0.0909. The molecule has 0 aliphatic carbocycles. The highest BCUT2D eigenvalue weighted by molar-refractivity contribution is 7.09. The number of rotatable bonds is 4. The third-order valence-corrected chi connectivity index (χ3v) is 3.10. The number of ether oxygens (including phenoxy) is 1. The van der Waals surface area contributed by atoms with Crippen molar-refractivity contribution in [2.45, 2.75) is 6.61 Å². The van der Waals surface area contributed by atoms with E-state index in [1.807, 2.05) is 17.5 Å². The molecule has 0 amide bonds. The Morgan fingerprint density at radius 1 is 1.26 bits per heavy atom. The van der Waals surface area contributed by atoms with Gasteiger partial charge in [0.15, 0.2) is 0 Å². The quantitative estimate of drug-likeness (QED) is 0.770. The molecule has 2 N–H and O–H groups in total. The lowest BCUT2D eigenvalue weighted by molar-refractivity contribution is 0.283. The van der Waals surface area contributed by atoms with Crippen LogP contribution in [0, 0.1) is 0 Å². The van der Waals surface area contributed by atoms with E-state index in [1.54, 1.807) is 29.8 Å². The molecule has 8 heteroatoms. The van der Waals surface area contributed by atoms with Gasteiger partial charge in [-0.25, -0.2) is 4.68 Å². The van der Waals surface area contributed by atoms with Crippen molar-refractivity contribution >= 4 is 17.3 Å². The van der Waals surface area contributed by atoms with Gasteiger partial charge >= 0.3 is 6.01 Å². The largest absolute Gasteiger partial charge is 0.458 e. The Morgan fingerprint density at radius 3 is 2.95 bits per heavy atom. The lowest BCUT2D eigenvalue weighted by Crippen LogP contribution is -2.09. The Balaban J connectivity index is 1.82. The van der Waals surface area contributed by atoms with Crippen molar-refractivity contribution in [3.05, 3.63) is 40.8 Å². The van der Waals surface area contributed by atoms with Crippen LogP contribution in [0.3, 0.4) is 0 Å². The molecule has 3 heterocycles. The predicted octanol–water partition coefficient (Wildman–Crippen LogP) is 1.28. The summed E-state index contributed by atoms with van der Waals surface area (Å²) < 4.78 is 6.99. The molecule has 19 heavy (non-hydrogen) atoms. The normalized spacial score (nSPS) is 10.5. The standard InChI is InChI=1S/C11H10N6OS/c12-9-14-10(17-5-2-4-13-17)16-11(15-9)18-7-8-3-1-6-19-8/h1-6H,7H2,(H2,12,14,15,16). The minimum absolute atomic E-state index is 0.0988. The van der Waals surface area contributed by atoms with Crippen LogP contribution in [0.4, 0.5) is 5.95 Å². The van der Waals surface area contributed by atoms with Gasteiger partial charge in [-0.3, -0.25) is 0 Å². The average molecular weight is 274 g/mol. The summed E-state index contributed by atoms with van der Waals surface area (Å²) in [5, 5.41) is 6.02. The smallest absolute Gasteiger partial charge is 0.323 e. The second-order valence-electron chi connectivity index (χ2n) is 3.59. The third-order valence-electron chi connectivity index (χ3n) is 2.25. The lowest BCUT2D eigenvalue weighted by atomic mass is 10.5. The molecule has 0 aliphatic rings. The zero-order valence-electron chi connectivity index (χ0n) is 9.80. The second-order valence-corrected chi connectivity index (χ2v) is 4.63. The van der Waals surface area contributed by atoms with Crippen LogP contribution in [-0.2, 0) is 6.61 Å². The number of hydrogen-bond acceptors (Lipinski definition) is 7. The van der Waals surface area contributed by atoms with Gasteiger partial charge in [0, 0.05) is 17.3 Å². The maximum Gasteiger partial charge on any atom is 0.323 e. The summed E-state index contributed by atoms with van der Waals surface area (Å²) in [6.45, 7) is 0.402. The molecule has 0 aromatic carbocycles. The van der Waals surface area contributed by atoms with Crippen LogP contribution in [0.25, 0.3) is 5.95 Å². The van der Waals surface area contributed by atoms with Crippen LogP contribution >= 0.6 is 11.3 Å². The van der Waals surface area contributed by atoms with Crippen LogP contribution in [0.2, 0.25) is 0 Å². The Hall–Kier alpha value is -2.48. The molecule has 0 radical (unpaired) electrons. The Labute approximate surface area is 112 Å². The van der Waals surface area contributed by atoms with E-state index >= 15 is 0 Å². The van der Waals surface area contributed by atoms with Crippen molar-refractivity contribution < 1.29 is 4.74 Å². The van der Waals surface area contributed by atoms with Gasteiger partial charge in [0.25, 0.3) is 5.95 Å². The van der Waals surface area contributed by atoms with Gasteiger partial charge < -0.3 is 10.5 Å². The lowest BCUT2D eigenvalue weighted by Gasteiger charge is -2.05. The summed E-state index contributed by atoms with van der Waals surface area (Å²) >= 11 is 1.60. The number of hydrogen-bond donors (Lipinski definition) is 1. The van der Waals surface area contributed by atoms with Crippen molar-refractivity contribution in [2.75, 3.05) is 5.73 Å². The van der Waals surface area contributed by atoms with E-state index in [-0.39, 0.29) is 12.0 Å². The third kappa shape index (κ3) is 2.68. The summed E-state index contributed by atoms with van der Waals surface area (Å²) in [7, 11) is 0. The topological polar surface area (TPSA) is 91.7 Å². The van der Waals surface area contributed by atoms with Crippen molar-refractivity contribution in [3.8, 4) is 12.0 Å². The van der Waals surface area contributed by atoms with E-state index in [9.17, 15) is 0 Å². The Bertz CT molecular complexity index is 652. The van der Waals surface area contributed by atoms with E-state index in [0.29, 0.717) is 12.6 Å². The molecule has 3 aromatic rings. The highest BCUT2D eigenvalue weighted by Gasteiger charge is 2.08. The monoisotopic (exact) mass is 274 g/mol. The maximum atomic E-state index is 5.63. The van der Waals surface area contributed by atoms with Crippen molar-refractivity contribution in [2.24, 2.45) is 0 Å². The van der Waals surface area contributed by atoms with Crippen molar-refractivity contribution in [1.82, 2.24) is 24.7 Å². The molecule has 96 valence electrons. The maximum absolute atomic E-state index is 5.63. The molecule has 0 saturated heterocycles. The van der Waals surface area contributed by atoms with E-state index in [2.05, 4.69) is 20.1 Å². The minimum atomic E-state index is 0.0988. The number of nitrogen functional groups attached to an aromatic ring is 1. The first-order valence-electron chi connectivity index (χ1n) is 5.48. The number of nitrogens with zero attached hydrogens (tertiary/aromatic N) is 5. The summed E-state index contributed by atoms with van der Waals surface area (Å²) in [4.78, 5) is 13.2. The zero-order valence-corrected chi connectivity index (χ0v) is 10.6. The molecule has 0 spiro atoms. The zero-order chi connectivity index (χ0) is 13.1. The second kappa shape index (κ2) is 5.02. The van der Waals surface area contributed by atoms with Gasteiger partial charge in [-0.2, -0.15) is 20.1 Å². The number of nitrogens with two attached hydrogens (primary N) is 1. The number of anilines is 1. The summed E-state index contributed by atoms with van der Waals surface area (Å²) in [6, 6.07) is 5.89. The first kappa shape index (κ1) is 11.6. The van der Waals surface area contributed by atoms with E-state index in [4.69, 9.17) is 10.5 Å². The fourth-order valence-electron chi connectivity index (χ4n) is 1.45. The minimum Gasteiger partial charge on any atom is -0.458 e. The predicted molar refractivity (Wildman–Crippen MR) is 70.0 cm³/mol. The van der Waals surface area contributed by atoms with Gasteiger partial charge in [0.05, 0.1) is 0 Å². The highest BCUT2D eigenvalue weighted by atomic mass is 32.1. The molecule has 0 fully saturated rings. The van der Waals surface area contributed by atoms with Crippen LogP contribution < -0.4 is 10.5 Å². The van der Waals surface area contributed by atoms with Gasteiger partial charge in [0.2, 0.25) is 5.95 Å². The molecule has 0 saturated carbocycles. The van der Waals surface area contributed by atoms with E-state index < -0.39 is 0 Å². The van der Waals surface area contributed by atoms with Crippen LogP contribution in [0.1, 0.15) is 4.88 Å². The molecule has 7 nitrogen and oxygen atoms in total. The van der Waals surface area contributed by atoms with Gasteiger partial charge in [0.1, 0.15) is 6.61 Å². The molecule has 3 rings (SSSR count). The number of thiophene rings is 1. The Morgan fingerprint density at radius 2 is 2.21 bits per heavy atom. The number of aromatic nitrogens is 5. The molecular weight excluding hydrogens is 264 g/mol. The van der Waals surface area contributed by atoms with Crippen LogP contribution in [0.5, 0.6) is 6.01 Å². The van der Waals surface area contributed by atoms with Crippen molar-refractivity contribution in [1.29, 1.82) is 0 Å². The van der Waals surface area contributed by atoms with Gasteiger partial charge in [-0.05, 0) is 17.5 Å². The van der Waals surface area contributed by atoms with Crippen LogP contribution in [-0.4, -0.2) is 24.7 Å². The average Bonchev–Trinajstić information content (AvgIpc) is 3.09.